The molecule has 4 nitrogen and oxygen atoms in total. The molecule has 0 unspecified atom stereocenters. The average Bonchev–Trinajstić information content (AvgIpc) is 2.99. The molecule has 1 aromatic heterocycles. The number of hydrogen-bond acceptors (Lipinski definition) is 3. The molecule has 0 radical (unpaired) electrons. The summed E-state index contributed by atoms with van der Waals surface area (Å²) in [4.78, 5) is 12.3. The van der Waals surface area contributed by atoms with Gasteiger partial charge in [0.1, 0.15) is 11.5 Å². The third-order valence-electron chi connectivity index (χ3n) is 3.20. The van der Waals surface area contributed by atoms with Crippen LogP contribution in [-0.2, 0) is 6.42 Å². The van der Waals surface area contributed by atoms with E-state index in [2.05, 4.69) is 21.2 Å². The molecule has 0 aliphatic heterocycles. The van der Waals surface area contributed by atoms with E-state index < -0.39 is 0 Å². The fourth-order valence-corrected chi connectivity index (χ4v) is 2.42. The summed E-state index contributed by atoms with van der Waals surface area (Å²) in [5, 5.41) is 2.98. The third-order valence-corrected chi connectivity index (χ3v) is 3.89. The Kier molecular flexibility index (Phi) is 5.44. The lowest BCUT2D eigenvalue weighted by Crippen LogP contribution is -2.33. The topological polar surface area (TPSA) is 51.5 Å². The van der Waals surface area contributed by atoms with E-state index in [9.17, 15) is 4.79 Å². The fraction of sp³-hybridized carbons (Fsp3) is 0.312. The molecule has 1 atom stereocenters. The van der Waals surface area contributed by atoms with Crippen LogP contribution in [0.15, 0.2) is 45.5 Å². The highest BCUT2D eigenvalue weighted by Crippen LogP contribution is 2.22. The van der Waals surface area contributed by atoms with Crippen molar-refractivity contribution in [3.05, 3.63) is 52.4 Å². The number of carbonyl (C=O) groups excluding carboxylic acids is 1. The Bertz CT molecular complexity index is 596. The number of methoxy groups -OCH3 is 1. The maximum atomic E-state index is 12.3. The van der Waals surface area contributed by atoms with Crippen LogP contribution in [0.2, 0.25) is 0 Å². The van der Waals surface area contributed by atoms with Gasteiger partial charge in [0, 0.05) is 16.9 Å². The molecule has 2 aromatic rings. The zero-order valence-electron chi connectivity index (χ0n) is 12.1. The Morgan fingerprint density at radius 2 is 2.24 bits per heavy atom. The van der Waals surface area contributed by atoms with Crippen molar-refractivity contribution in [1.82, 2.24) is 5.32 Å². The maximum absolute atomic E-state index is 12.3. The molecule has 1 aromatic carbocycles. The highest BCUT2D eigenvalue weighted by molar-refractivity contribution is 9.10. The van der Waals surface area contributed by atoms with Crippen LogP contribution in [0.5, 0.6) is 5.75 Å². The van der Waals surface area contributed by atoms with Gasteiger partial charge in [0.15, 0.2) is 0 Å². The third kappa shape index (κ3) is 4.36. The number of ether oxygens (including phenoxy) is 1. The average molecular weight is 352 g/mol. The molecule has 0 bridgehead atoms. The van der Waals surface area contributed by atoms with Crippen LogP contribution in [0, 0.1) is 0 Å². The van der Waals surface area contributed by atoms with Gasteiger partial charge in [-0.15, -0.1) is 0 Å². The monoisotopic (exact) mass is 351 g/mol. The number of nitrogens with one attached hydrogen (secondary N) is 1. The van der Waals surface area contributed by atoms with Gasteiger partial charge in [0.25, 0.3) is 5.91 Å². The molecular formula is C16H18BrNO3. The molecule has 5 heteroatoms. The number of halogens is 1. The Hall–Kier alpha value is -1.75. The zero-order chi connectivity index (χ0) is 15.2. The summed E-state index contributed by atoms with van der Waals surface area (Å²) in [7, 11) is 1.58. The quantitative estimate of drug-likeness (QED) is 0.860. The minimum atomic E-state index is -0.118. The molecule has 112 valence electrons. The molecule has 1 N–H and O–H groups in total. The number of carbonyl (C=O) groups is 1. The van der Waals surface area contributed by atoms with Crippen molar-refractivity contribution >= 4 is 21.8 Å². The van der Waals surface area contributed by atoms with Crippen molar-refractivity contribution in [2.24, 2.45) is 0 Å². The molecule has 0 saturated carbocycles. The number of benzene rings is 1. The molecular weight excluding hydrogens is 334 g/mol. The first-order valence-corrected chi connectivity index (χ1v) is 7.56. The normalized spacial score (nSPS) is 12.0. The van der Waals surface area contributed by atoms with E-state index >= 15 is 0 Å². The van der Waals surface area contributed by atoms with Crippen LogP contribution in [0.25, 0.3) is 0 Å². The lowest BCUT2D eigenvalue weighted by molar-refractivity contribution is 0.0937. The standard InChI is InChI=1S/C16H18BrNO3/c1-11(5-6-12-4-3-9-21-12)18-16(19)14-10-13(20-2)7-8-15(14)17/h3-4,7-11H,5-6H2,1-2H3,(H,18,19)/t11-/m1/s1. The Morgan fingerprint density at radius 1 is 1.43 bits per heavy atom. The predicted octanol–water partition coefficient (Wildman–Crippen LogP) is 3.80. The summed E-state index contributed by atoms with van der Waals surface area (Å²) in [6.07, 6.45) is 3.28. The van der Waals surface area contributed by atoms with Gasteiger partial charge in [-0.1, -0.05) is 0 Å². The smallest absolute Gasteiger partial charge is 0.252 e. The second-order valence-electron chi connectivity index (χ2n) is 4.84. The number of amides is 1. The van der Waals surface area contributed by atoms with Gasteiger partial charge >= 0.3 is 0 Å². The highest BCUT2D eigenvalue weighted by Gasteiger charge is 2.14. The predicted molar refractivity (Wildman–Crippen MR) is 84.7 cm³/mol. The Balaban J connectivity index is 1.94. The maximum Gasteiger partial charge on any atom is 0.252 e. The molecule has 1 amide bonds. The number of furan rings is 1. The highest BCUT2D eigenvalue weighted by atomic mass is 79.9. The minimum Gasteiger partial charge on any atom is -0.497 e. The van der Waals surface area contributed by atoms with Crippen LogP contribution in [-0.4, -0.2) is 19.1 Å². The second kappa shape index (κ2) is 7.31. The molecule has 2 rings (SSSR count). The van der Waals surface area contributed by atoms with E-state index in [-0.39, 0.29) is 11.9 Å². The van der Waals surface area contributed by atoms with Gasteiger partial charge in [-0.25, -0.2) is 0 Å². The van der Waals surface area contributed by atoms with Gasteiger partial charge in [-0.3, -0.25) is 4.79 Å². The SMILES string of the molecule is COc1ccc(Br)c(C(=O)N[C@H](C)CCc2ccco2)c1. The van der Waals surface area contributed by atoms with E-state index in [1.54, 1.807) is 31.6 Å². The summed E-state index contributed by atoms with van der Waals surface area (Å²) in [6, 6.07) is 9.20. The molecule has 0 aliphatic carbocycles. The first kappa shape index (κ1) is 15.6. The Morgan fingerprint density at radius 3 is 2.90 bits per heavy atom. The van der Waals surface area contributed by atoms with Crippen LogP contribution in [0.4, 0.5) is 0 Å². The molecule has 1 heterocycles. The molecule has 21 heavy (non-hydrogen) atoms. The van der Waals surface area contributed by atoms with Crippen LogP contribution >= 0.6 is 15.9 Å². The molecule has 0 spiro atoms. The Labute approximate surface area is 132 Å². The van der Waals surface area contributed by atoms with Gasteiger partial charge in [0.2, 0.25) is 0 Å². The fourth-order valence-electron chi connectivity index (χ4n) is 1.99. The van der Waals surface area contributed by atoms with Crippen molar-refractivity contribution < 1.29 is 13.9 Å². The summed E-state index contributed by atoms with van der Waals surface area (Å²) < 4.78 is 11.2. The summed E-state index contributed by atoms with van der Waals surface area (Å²) in [5.74, 6) is 1.47. The van der Waals surface area contributed by atoms with E-state index in [4.69, 9.17) is 9.15 Å². The zero-order valence-corrected chi connectivity index (χ0v) is 13.6. The van der Waals surface area contributed by atoms with Gasteiger partial charge in [-0.05, 0) is 59.6 Å². The van der Waals surface area contributed by atoms with E-state index in [0.29, 0.717) is 11.3 Å². The number of aryl methyl sites for hydroxylation is 1. The van der Waals surface area contributed by atoms with Crippen molar-refractivity contribution in [3.8, 4) is 5.75 Å². The van der Waals surface area contributed by atoms with Crippen LogP contribution in [0.1, 0.15) is 29.5 Å². The summed E-state index contributed by atoms with van der Waals surface area (Å²) in [6.45, 7) is 1.98. The minimum absolute atomic E-state index is 0.0562. The lowest BCUT2D eigenvalue weighted by Gasteiger charge is -2.14. The lowest BCUT2D eigenvalue weighted by atomic mass is 10.1. The van der Waals surface area contributed by atoms with Crippen LogP contribution < -0.4 is 10.1 Å². The number of rotatable bonds is 6. The van der Waals surface area contributed by atoms with E-state index in [0.717, 1.165) is 23.1 Å². The van der Waals surface area contributed by atoms with E-state index in [1.807, 2.05) is 19.1 Å². The van der Waals surface area contributed by atoms with Crippen LogP contribution in [0.3, 0.4) is 0 Å². The number of hydrogen-bond donors (Lipinski definition) is 1. The van der Waals surface area contributed by atoms with Crippen molar-refractivity contribution in [2.75, 3.05) is 7.11 Å². The molecule has 0 saturated heterocycles. The van der Waals surface area contributed by atoms with Gasteiger partial charge in [-0.2, -0.15) is 0 Å². The van der Waals surface area contributed by atoms with Gasteiger partial charge in [0.05, 0.1) is 18.9 Å². The first-order chi connectivity index (χ1) is 10.1. The van der Waals surface area contributed by atoms with Crippen molar-refractivity contribution in [3.63, 3.8) is 0 Å². The van der Waals surface area contributed by atoms with Crippen molar-refractivity contribution in [1.29, 1.82) is 0 Å². The summed E-state index contributed by atoms with van der Waals surface area (Å²) >= 11 is 3.39. The second-order valence-corrected chi connectivity index (χ2v) is 5.69. The van der Waals surface area contributed by atoms with Crippen molar-refractivity contribution in [2.45, 2.75) is 25.8 Å². The van der Waals surface area contributed by atoms with E-state index in [1.165, 1.54) is 0 Å². The molecule has 0 aliphatic rings. The molecule has 0 fully saturated rings. The summed E-state index contributed by atoms with van der Waals surface area (Å²) in [5.41, 5.74) is 0.569. The van der Waals surface area contributed by atoms with Gasteiger partial charge < -0.3 is 14.5 Å². The first-order valence-electron chi connectivity index (χ1n) is 6.77. The largest absolute Gasteiger partial charge is 0.497 e.